The number of hydrogen-bond donors (Lipinski definition) is 2. The number of methoxy groups -OCH3 is 1. The van der Waals surface area contributed by atoms with Gasteiger partial charge in [-0.2, -0.15) is 0 Å². The third-order valence-corrected chi connectivity index (χ3v) is 5.85. The molecule has 0 radical (unpaired) electrons. The topological polar surface area (TPSA) is 45.6 Å². The van der Waals surface area contributed by atoms with Gasteiger partial charge in [0.1, 0.15) is 11.6 Å². The lowest BCUT2D eigenvalue weighted by molar-refractivity contribution is 0.410. The third-order valence-electron chi connectivity index (χ3n) is 4.61. The number of fused-ring (bicyclic) bond motifs is 1. The Balaban J connectivity index is 1.56. The van der Waals surface area contributed by atoms with Crippen molar-refractivity contribution in [3.05, 3.63) is 77.1 Å². The van der Waals surface area contributed by atoms with Gasteiger partial charge >= 0.3 is 0 Å². The molecule has 4 nitrogen and oxygen atoms in total. The van der Waals surface area contributed by atoms with Crippen LogP contribution in [0.3, 0.4) is 0 Å². The highest BCUT2D eigenvalue weighted by Gasteiger charge is 2.20. The number of nitrogens with zero attached hydrogens (tertiary/aromatic N) is 1. The van der Waals surface area contributed by atoms with Gasteiger partial charge in [-0.25, -0.2) is 4.39 Å². The number of ether oxygens (including phenoxy) is 1. The average Bonchev–Trinajstić information content (AvgIpc) is 2.76. The minimum atomic E-state index is -0.436. The van der Waals surface area contributed by atoms with E-state index in [0.717, 1.165) is 33.9 Å². The molecule has 1 aliphatic rings. The molecule has 0 atom stereocenters. The predicted molar refractivity (Wildman–Crippen MR) is 118 cm³/mol. The predicted octanol–water partition coefficient (Wildman–Crippen LogP) is 5.78. The van der Waals surface area contributed by atoms with Crippen molar-refractivity contribution in [2.45, 2.75) is 11.3 Å². The van der Waals surface area contributed by atoms with E-state index in [2.05, 4.69) is 15.0 Å². The van der Waals surface area contributed by atoms with E-state index in [-0.39, 0.29) is 5.02 Å². The first-order valence-electron chi connectivity index (χ1n) is 9.11. The van der Waals surface area contributed by atoms with Crippen LogP contribution >= 0.6 is 23.5 Å². The molecule has 0 fully saturated rings. The molecular weight excluding hydrogens is 409 g/mol. The smallest absolute Gasteiger partial charge is 0.206 e. The lowest BCUT2D eigenvalue weighted by atomic mass is 10.0. The summed E-state index contributed by atoms with van der Waals surface area (Å²) in [5.41, 5.74) is 3.44. The van der Waals surface area contributed by atoms with Crippen molar-refractivity contribution in [3.8, 4) is 16.9 Å². The average molecular weight is 428 g/mol. The Labute approximate surface area is 178 Å². The van der Waals surface area contributed by atoms with E-state index in [1.807, 2.05) is 48.5 Å². The van der Waals surface area contributed by atoms with Gasteiger partial charge in [0.25, 0.3) is 0 Å². The van der Waals surface area contributed by atoms with Crippen LogP contribution < -0.4 is 14.8 Å². The molecule has 2 N–H and O–H groups in total. The molecule has 0 saturated heterocycles. The van der Waals surface area contributed by atoms with Gasteiger partial charge in [0.15, 0.2) is 0 Å². The van der Waals surface area contributed by atoms with Gasteiger partial charge in [-0.3, -0.25) is 9.71 Å². The highest BCUT2D eigenvalue weighted by atomic mass is 35.5. The van der Waals surface area contributed by atoms with Crippen LogP contribution in [0.2, 0.25) is 5.02 Å². The van der Waals surface area contributed by atoms with Crippen LogP contribution in [0, 0.1) is 5.82 Å². The molecule has 1 aliphatic heterocycles. The Bertz CT molecular complexity index is 1070. The first-order chi connectivity index (χ1) is 14.2. The normalized spacial score (nSPS) is 14.1. The third kappa shape index (κ3) is 4.18. The van der Waals surface area contributed by atoms with E-state index in [1.165, 1.54) is 18.0 Å². The lowest BCUT2D eigenvalue weighted by Crippen LogP contribution is -2.30. The summed E-state index contributed by atoms with van der Waals surface area (Å²) in [7, 11) is 1.67. The maximum absolute atomic E-state index is 14.0. The second kappa shape index (κ2) is 8.76. The number of hydrogen-bond acceptors (Lipinski definition) is 3. The minimum Gasteiger partial charge on any atom is -0.496 e. The molecule has 0 aromatic heterocycles. The van der Waals surface area contributed by atoms with Crippen LogP contribution in [0.5, 0.6) is 5.75 Å². The van der Waals surface area contributed by atoms with Crippen molar-refractivity contribution in [1.29, 1.82) is 0 Å². The van der Waals surface area contributed by atoms with Crippen molar-refractivity contribution in [1.82, 2.24) is 4.72 Å². The van der Waals surface area contributed by atoms with E-state index in [0.29, 0.717) is 18.1 Å². The number of halogens is 2. The van der Waals surface area contributed by atoms with Gasteiger partial charge in [-0.05, 0) is 42.1 Å². The van der Waals surface area contributed by atoms with Crippen LogP contribution in [0.1, 0.15) is 5.56 Å². The summed E-state index contributed by atoms with van der Waals surface area (Å²) in [5, 5.41) is 3.44. The zero-order chi connectivity index (χ0) is 20.2. The maximum atomic E-state index is 14.0. The van der Waals surface area contributed by atoms with E-state index in [9.17, 15) is 4.39 Å². The molecule has 0 spiro atoms. The van der Waals surface area contributed by atoms with Crippen LogP contribution in [-0.2, 0) is 6.42 Å². The Hall–Kier alpha value is -2.70. The van der Waals surface area contributed by atoms with Gasteiger partial charge in [0.05, 0.1) is 22.7 Å². The summed E-state index contributed by atoms with van der Waals surface area (Å²) >= 11 is 7.68. The van der Waals surface area contributed by atoms with Crippen LogP contribution in [0.4, 0.5) is 10.1 Å². The first-order valence-corrected chi connectivity index (χ1v) is 10.3. The molecule has 0 bridgehead atoms. The Morgan fingerprint density at radius 1 is 1.03 bits per heavy atom. The van der Waals surface area contributed by atoms with E-state index < -0.39 is 5.82 Å². The van der Waals surface area contributed by atoms with Gasteiger partial charge in [-0.1, -0.05) is 54.1 Å². The van der Waals surface area contributed by atoms with Crippen LogP contribution in [-0.4, -0.2) is 19.6 Å². The van der Waals surface area contributed by atoms with Crippen molar-refractivity contribution < 1.29 is 9.13 Å². The highest BCUT2D eigenvalue weighted by molar-refractivity contribution is 7.98. The summed E-state index contributed by atoms with van der Waals surface area (Å²) in [6.07, 6.45) is 0.756. The SMILES string of the molecule is COc1ccccc1CCN=C1NSc2cccc(-c3cccc(F)c3Cl)c2N1. The van der Waals surface area contributed by atoms with Crippen LogP contribution in [0.25, 0.3) is 11.1 Å². The maximum Gasteiger partial charge on any atom is 0.206 e. The number of guanidine groups is 1. The largest absolute Gasteiger partial charge is 0.496 e. The van der Waals surface area contributed by atoms with Gasteiger partial charge in [-0.15, -0.1) is 0 Å². The molecule has 7 heteroatoms. The van der Waals surface area contributed by atoms with Crippen molar-refractivity contribution in [2.24, 2.45) is 4.99 Å². The Morgan fingerprint density at radius 3 is 2.69 bits per heavy atom. The molecule has 0 aliphatic carbocycles. The fourth-order valence-corrected chi connectivity index (χ4v) is 4.16. The lowest BCUT2D eigenvalue weighted by Gasteiger charge is -2.23. The van der Waals surface area contributed by atoms with Crippen molar-refractivity contribution in [2.75, 3.05) is 19.0 Å². The van der Waals surface area contributed by atoms with Crippen molar-refractivity contribution in [3.63, 3.8) is 0 Å². The second-order valence-corrected chi connectivity index (χ2v) is 7.63. The number of rotatable bonds is 5. The molecule has 29 heavy (non-hydrogen) atoms. The molecule has 0 saturated carbocycles. The summed E-state index contributed by atoms with van der Waals surface area (Å²) in [5.74, 6) is 1.08. The minimum absolute atomic E-state index is 0.112. The molecule has 148 valence electrons. The first kappa shape index (κ1) is 19.6. The van der Waals surface area contributed by atoms with E-state index in [4.69, 9.17) is 16.3 Å². The Kier molecular flexibility index (Phi) is 5.92. The second-order valence-electron chi connectivity index (χ2n) is 6.40. The van der Waals surface area contributed by atoms with Gasteiger partial charge in [0, 0.05) is 17.7 Å². The van der Waals surface area contributed by atoms with Gasteiger partial charge in [0.2, 0.25) is 5.96 Å². The van der Waals surface area contributed by atoms with E-state index in [1.54, 1.807) is 13.2 Å². The number of anilines is 1. The summed E-state index contributed by atoms with van der Waals surface area (Å²) in [4.78, 5) is 5.63. The Morgan fingerprint density at radius 2 is 1.83 bits per heavy atom. The zero-order valence-electron chi connectivity index (χ0n) is 15.7. The molecule has 0 amide bonds. The number of para-hydroxylation sites is 2. The number of nitrogens with one attached hydrogen (secondary N) is 2. The monoisotopic (exact) mass is 427 g/mol. The van der Waals surface area contributed by atoms with Gasteiger partial charge < -0.3 is 10.1 Å². The molecular formula is C22H19ClFN3OS. The molecule has 3 aromatic rings. The molecule has 3 aromatic carbocycles. The van der Waals surface area contributed by atoms with Crippen molar-refractivity contribution >= 4 is 35.2 Å². The van der Waals surface area contributed by atoms with E-state index >= 15 is 0 Å². The quantitative estimate of drug-likeness (QED) is 0.507. The molecule has 1 heterocycles. The summed E-state index contributed by atoms with van der Waals surface area (Å²) in [6.45, 7) is 0.592. The highest BCUT2D eigenvalue weighted by Crippen LogP contribution is 2.40. The standard InChI is InChI=1S/C22H19ClFN3OS/c1-28-18-10-3-2-6-14(18)12-13-25-22-26-21-16(8-5-11-19(21)29-27-22)15-7-4-9-17(24)20(15)23/h2-11H,12-13H2,1H3,(H2,25,26,27). The van der Waals surface area contributed by atoms with Crippen LogP contribution in [0.15, 0.2) is 70.6 Å². The fraction of sp³-hybridized carbons (Fsp3) is 0.136. The molecule has 0 unspecified atom stereocenters. The zero-order valence-corrected chi connectivity index (χ0v) is 17.3. The summed E-state index contributed by atoms with van der Waals surface area (Å²) < 4.78 is 22.6. The number of aliphatic imine (C=N–C) groups is 1. The summed E-state index contributed by atoms with van der Waals surface area (Å²) in [6, 6.07) is 18.6. The number of benzene rings is 3. The molecule has 4 rings (SSSR count). The fourth-order valence-electron chi connectivity index (χ4n) is 3.20.